The van der Waals surface area contributed by atoms with Crippen LogP contribution >= 0.6 is 0 Å². The summed E-state index contributed by atoms with van der Waals surface area (Å²) in [5, 5.41) is 6.73. The van der Waals surface area contributed by atoms with Crippen molar-refractivity contribution in [3.05, 3.63) is 71.8 Å². The topological polar surface area (TPSA) is 74.3 Å². The van der Waals surface area contributed by atoms with Crippen molar-refractivity contribution in [2.45, 2.75) is 19.3 Å². The first kappa shape index (κ1) is 19.9. The molecular formula is C24H26N4O2. The van der Waals surface area contributed by atoms with Gasteiger partial charge in [0.2, 0.25) is 5.91 Å². The lowest BCUT2D eigenvalue weighted by molar-refractivity contribution is -0.120. The highest BCUT2D eigenvalue weighted by molar-refractivity contribution is 6.02. The third-order valence-corrected chi connectivity index (χ3v) is 5.29. The van der Waals surface area contributed by atoms with Crippen LogP contribution in [0.5, 0.6) is 0 Å². The molecule has 2 amide bonds. The Balaban J connectivity index is 1.38. The monoisotopic (exact) mass is 402 g/mol. The average Bonchev–Trinajstić information content (AvgIpc) is 3.31. The Bertz CT molecular complexity index is 1030. The van der Waals surface area contributed by atoms with Crippen LogP contribution in [0.15, 0.2) is 60.7 Å². The van der Waals surface area contributed by atoms with E-state index in [9.17, 15) is 9.59 Å². The maximum Gasteiger partial charge on any atom is 0.255 e. The van der Waals surface area contributed by atoms with Crippen LogP contribution < -0.4 is 15.5 Å². The summed E-state index contributed by atoms with van der Waals surface area (Å²) in [6.07, 6.45) is 2.56. The minimum atomic E-state index is -0.160. The molecule has 4 rings (SSSR count). The highest BCUT2D eigenvalue weighted by atomic mass is 16.2. The lowest BCUT2D eigenvalue weighted by Gasteiger charge is -2.20. The molecular weight excluding hydrogens is 376 g/mol. The number of aromatic nitrogens is 1. The van der Waals surface area contributed by atoms with Gasteiger partial charge in [-0.1, -0.05) is 48.5 Å². The summed E-state index contributed by atoms with van der Waals surface area (Å²) in [7, 11) is 0. The fourth-order valence-corrected chi connectivity index (χ4v) is 3.76. The smallest absolute Gasteiger partial charge is 0.255 e. The Labute approximate surface area is 176 Å². The summed E-state index contributed by atoms with van der Waals surface area (Å²) in [6.45, 7) is 2.59. The number of nitrogens with one attached hydrogen (secondary N) is 2. The van der Waals surface area contributed by atoms with Gasteiger partial charge in [-0.2, -0.15) is 0 Å². The van der Waals surface area contributed by atoms with Gasteiger partial charge in [-0.25, -0.2) is 4.98 Å². The van der Waals surface area contributed by atoms with Gasteiger partial charge in [-0.3, -0.25) is 9.59 Å². The zero-order chi connectivity index (χ0) is 20.8. The minimum Gasteiger partial charge on any atom is -0.356 e. The summed E-state index contributed by atoms with van der Waals surface area (Å²) in [6, 6.07) is 19.4. The van der Waals surface area contributed by atoms with Gasteiger partial charge in [0.25, 0.3) is 5.91 Å². The summed E-state index contributed by atoms with van der Waals surface area (Å²) >= 11 is 0. The number of hydrogen-bond donors (Lipinski definition) is 2. The molecule has 1 aliphatic rings. The molecule has 6 heteroatoms. The van der Waals surface area contributed by atoms with Crippen molar-refractivity contribution in [2.75, 3.05) is 31.1 Å². The van der Waals surface area contributed by atoms with Crippen LogP contribution in [0, 0.1) is 0 Å². The lowest BCUT2D eigenvalue weighted by Crippen LogP contribution is -2.36. The van der Waals surface area contributed by atoms with E-state index in [0.29, 0.717) is 25.1 Å². The molecule has 2 heterocycles. The Morgan fingerprint density at radius 3 is 2.40 bits per heavy atom. The number of carbonyl (C=O) groups is 2. The Morgan fingerprint density at radius 2 is 1.60 bits per heavy atom. The first-order valence-electron chi connectivity index (χ1n) is 10.4. The molecule has 1 aliphatic heterocycles. The number of benzene rings is 2. The molecule has 2 N–H and O–H groups in total. The molecule has 1 saturated heterocycles. The molecule has 154 valence electrons. The number of fused-ring (bicyclic) bond motifs is 1. The Hall–Kier alpha value is -3.41. The third-order valence-electron chi connectivity index (χ3n) is 5.29. The molecule has 0 radical (unpaired) electrons. The van der Waals surface area contributed by atoms with Gasteiger partial charge < -0.3 is 15.5 Å². The van der Waals surface area contributed by atoms with Crippen LogP contribution in [0.4, 0.5) is 5.82 Å². The second-order valence-electron chi connectivity index (χ2n) is 7.51. The van der Waals surface area contributed by atoms with Crippen molar-refractivity contribution in [2.24, 2.45) is 0 Å². The summed E-state index contributed by atoms with van der Waals surface area (Å²) < 4.78 is 0. The van der Waals surface area contributed by atoms with E-state index in [1.165, 1.54) is 0 Å². The van der Waals surface area contributed by atoms with E-state index in [0.717, 1.165) is 48.2 Å². The summed E-state index contributed by atoms with van der Waals surface area (Å²) in [5.41, 5.74) is 2.45. The molecule has 0 bridgehead atoms. The van der Waals surface area contributed by atoms with E-state index >= 15 is 0 Å². The van der Waals surface area contributed by atoms with Crippen LogP contribution in [0.3, 0.4) is 0 Å². The zero-order valence-electron chi connectivity index (χ0n) is 16.9. The molecule has 2 aromatic carbocycles. The number of para-hydroxylation sites is 1. The molecule has 0 unspecified atom stereocenters. The van der Waals surface area contributed by atoms with Crippen LogP contribution in [0.2, 0.25) is 0 Å². The number of carbonyl (C=O) groups excluding carboxylic acids is 2. The van der Waals surface area contributed by atoms with Crippen molar-refractivity contribution in [3.63, 3.8) is 0 Å². The number of pyridine rings is 1. The zero-order valence-corrected chi connectivity index (χ0v) is 16.9. The number of anilines is 1. The van der Waals surface area contributed by atoms with Crippen LogP contribution in [0.25, 0.3) is 10.9 Å². The molecule has 0 saturated carbocycles. The summed E-state index contributed by atoms with van der Waals surface area (Å²) in [5.74, 6) is 0.532. The molecule has 0 atom stereocenters. The third kappa shape index (κ3) is 4.76. The maximum atomic E-state index is 12.9. The number of rotatable bonds is 7. The molecule has 0 spiro atoms. The van der Waals surface area contributed by atoms with Gasteiger partial charge in [0.15, 0.2) is 0 Å². The minimum absolute atomic E-state index is 0.0550. The molecule has 1 aromatic heterocycles. The largest absolute Gasteiger partial charge is 0.356 e. The van der Waals surface area contributed by atoms with Gasteiger partial charge in [-0.05, 0) is 30.5 Å². The van der Waals surface area contributed by atoms with E-state index < -0.39 is 0 Å². The molecule has 0 aliphatic carbocycles. The molecule has 3 aromatic rings. The van der Waals surface area contributed by atoms with Crippen LogP contribution in [-0.2, 0) is 11.2 Å². The number of nitrogens with zero attached hydrogens (tertiary/aromatic N) is 2. The van der Waals surface area contributed by atoms with E-state index in [1.807, 2.05) is 60.7 Å². The van der Waals surface area contributed by atoms with Crippen LogP contribution in [-0.4, -0.2) is 43.0 Å². The van der Waals surface area contributed by atoms with Crippen LogP contribution in [0.1, 0.15) is 28.8 Å². The molecule has 1 fully saturated rings. The van der Waals surface area contributed by atoms with Gasteiger partial charge in [0.05, 0.1) is 17.5 Å². The SMILES string of the molecule is O=C(Cc1ccccc1)NCCNC(=O)c1cc2ccccc2nc1N1CCCC1. The normalized spacial score (nSPS) is 13.4. The number of amides is 2. The van der Waals surface area contributed by atoms with E-state index in [-0.39, 0.29) is 11.8 Å². The fraction of sp³-hybridized carbons (Fsp3) is 0.292. The fourth-order valence-electron chi connectivity index (χ4n) is 3.76. The van der Waals surface area contributed by atoms with Gasteiger partial charge in [0.1, 0.15) is 5.82 Å². The first-order chi connectivity index (χ1) is 14.7. The van der Waals surface area contributed by atoms with Crippen molar-refractivity contribution >= 4 is 28.5 Å². The molecule has 6 nitrogen and oxygen atoms in total. The predicted octanol–water partition coefficient (Wildman–Crippen LogP) is 2.92. The van der Waals surface area contributed by atoms with Gasteiger partial charge in [0, 0.05) is 31.6 Å². The Kier molecular flexibility index (Phi) is 6.23. The number of hydrogen-bond acceptors (Lipinski definition) is 4. The molecule has 30 heavy (non-hydrogen) atoms. The quantitative estimate of drug-likeness (QED) is 0.596. The standard InChI is InChI=1S/C24H26N4O2/c29-22(16-18-8-2-1-3-9-18)25-12-13-26-24(30)20-17-19-10-4-5-11-21(19)27-23(20)28-14-6-7-15-28/h1-5,8-11,17H,6-7,12-16H2,(H,25,29)(H,26,30). The average molecular weight is 402 g/mol. The highest BCUT2D eigenvalue weighted by Crippen LogP contribution is 2.26. The predicted molar refractivity (Wildman–Crippen MR) is 119 cm³/mol. The van der Waals surface area contributed by atoms with Gasteiger partial charge >= 0.3 is 0 Å². The highest BCUT2D eigenvalue weighted by Gasteiger charge is 2.21. The van der Waals surface area contributed by atoms with Crippen molar-refractivity contribution in [1.29, 1.82) is 0 Å². The second kappa shape index (κ2) is 9.39. The van der Waals surface area contributed by atoms with Crippen molar-refractivity contribution < 1.29 is 9.59 Å². The second-order valence-corrected chi connectivity index (χ2v) is 7.51. The summed E-state index contributed by atoms with van der Waals surface area (Å²) in [4.78, 5) is 31.9. The van der Waals surface area contributed by atoms with E-state index in [2.05, 4.69) is 15.5 Å². The van der Waals surface area contributed by atoms with Crippen molar-refractivity contribution in [1.82, 2.24) is 15.6 Å². The van der Waals surface area contributed by atoms with E-state index in [1.54, 1.807) is 0 Å². The van der Waals surface area contributed by atoms with Gasteiger partial charge in [-0.15, -0.1) is 0 Å². The maximum absolute atomic E-state index is 12.9. The van der Waals surface area contributed by atoms with E-state index in [4.69, 9.17) is 4.98 Å². The van der Waals surface area contributed by atoms with Crippen molar-refractivity contribution in [3.8, 4) is 0 Å². The lowest BCUT2D eigenvalue weighted by atomic mass is 10.1. The first-order valence-corrected chi connectivity index (χ1v) is 10.4. The Morgan fingerprint density at radius 1 is 0.900 bits per heavy atom.